The minimum Gasteiger partial charge on any atom is -0.487 e. The number of alkyl halides is 3. The highest BCUT2D eigenvalue weighted by molar-refractivity contribution is 6.32. The van der Waals surface area contributed by atoms with Crippen LogP contribution in [0.1, 0.15) is 31.5 Å². The zero-order valence-corrected chi connectivity index (χ0v) is 22.3. The van der Waals surface area contributed by atoms with Crippen LogP contribution in [0.3, 0.4) is 0 Å². The van der Waals surface area contributed by atoms with Gasteiger partial charge < -0.3 is 20.1 Å². The third-order valence-electron chi connectivity index (χ3n) is 6.44. The van der Waals surface area contributed by atoms with Crippen LogP contribution < -0.4 is 10.1 Å². The molecule has 2 N–H and O–H groups in total. The number of halogens is 4. The molecule has 41 heavy (non-hydrogen) atoms. The molecule has 216 valence electrons. The van der Waals surface area contributed by atoms with Crippen molar-refractivity contribution in [2.45, 2.75) is 44.6 Å². The second-order valence-corrected chi connectivity index (χ2v) is 9.80. The van der Waals surface area contributed by atoms with Crippen LogP contribution in [0, 0.1) is 0 Å². The number of anilines is 2. The van der Waals surface area contributed by atoms with Gasteiger partial charge in [0, 0.05) is 37.2 Å². The molecule has 0 radical (unpaired) electrons. The van der Waals surface area contributed by atoms with Crippen molar-refractivity contribution in [2.75, 3.05) is 18.4 Å². The van der Waals surface area contributed by atoms with Gasteiger partial charge in [-0.15, -0.1) is 5.10 Å². The average molecular weight is 593 g/mol. The van der Waals surface area contributed by atoms with Gasteiger partial charge in [-0.05, 0) is 47.9 Å². The predicted molar refractivity (Wildman–Crippen MR) is 139 cm³/mol. The number of aromatic nitrogens is 8. The molecule has 0 spiro atoms. The fourth-order valence-electron chi connectivity index (χ4n) is 4.42. The monoisotopic (exact) mass is 592 g/mol. The van der Waals surface area contributed by atoms with Crippen molar-refractivity contribution in [3.8, 4) is 16.9 Å². The molecule has 1 amide bonds. The number of tetrazole rings is 1. The van der Waals surface area contributed by atoms with Gasteiger partial charge in [-0.1, -0.05) is 17.7 Å². The second-order valence-electron chi connectivity index (χ2n) is 9.40. The number of carbonyl (C=O) groups is 1. The van der Waals surface area contributed by atoms with Crippen LogP contribution in [0.4, 0.5) is 29.6 Å². The van der Waals surface area contributed by atoms with Gasteiger partial charge in [-0.3, -0.25) is 4.68 Å². The lowest BCUT2D eigenvalue weighted by Crippen LogP contribution is -2.38. The van der Waals surface area contributed by atoms with Crippen LogP contribution in [0.15, 0.2) is 43.1 Å². The Morgan fingerprint density at radius 3 is 2.59 bits per heavy atom. The van der Waals surface area contributed by atoms with E-state index >= 15 is 0 Å². The maximum absolute atomic E-state index is 13.8. The van der Waals surface area contributed by atoms with Crippen LogP contribution in [0.2, 0.25) is 5.02 Å². The highest BCUT2D eigenvalue weighted by Gasteiger charge is 2.38. The number of carboxylic acid groups (broad SMARTS) is 1. The molecule has 1 atom stereocenters. The van der Waals surface area contributed by atoms with Gasteiger partial charge in [0.2, 0.25) is 5.95 Å². The predicted octanol–water partition coefficient (Wildman–Crippen LogP) is 4.52. The van der Waals surface area contributed by atoms with Crippen LogP contribution in [-0.2, 0) is 12.7 Å². The Morgan fingerprint density at radius 2 is 1.95 bits per heavy atom. The summed E-state index contributed by atoms with van der Waals surface area (Å²) in [5, 5.41) is 26.9. The summed E-state index contributed by atoms with van der Waals surface area (Å²) >= 11 is 6.31. The molecule has 0 bridgehead atoms. The maximum atomic E-state index is 13.8. The van der Waals surface area contributed by atoms with E-state index in [0.717, 1.165) is 0 Å². The fourth-order valence-corrected chi connectivity index (χ4v) is 4.58. The molecule has 1 saturated heterocycles. The number of piperidine rings is 1. The van der Waals surface area contributed by atoms with E-state index < -0.39 is 18.0 Å². The van der Waals surface area contributed by atoms with Gasteiger partial charge in [0.25, 0.3) is 0 Å². The van der Waals surface area contributed by atoms with Crippen LogP contribution >= 0.6 is 11.6 Å². The van der Waals surface area contributed by atoms with Gasteiger partial charge in [-0.2, -0.15) is 18.3 Å². The summed E-state index contributed by atoms with van der Waals surface area (Å²) in [6.45, 7) is 2.66. The zero-order chi connectivity index (χ0) is 29.1. The van der Waals surface area contributed by atoms with Crippen LogP contribution in [0.5, 0.6) is 5.75 Å². The topological polar surface area (TPSA) is 149 Å². The molecule has 13 nitrogen and oxygen atoms in total. The summed E-state index contributed by atoms with van der Waals surface area (Å²) in [5.74, 6) is 0.364. The number of likely N-dealkylation sites (tertiary alicyclic amines) is 1. The van der Waals surface area contributed by atoms with E-state index in [4.69, 9.17) is 21.4 Å². The number of amides is 1. The molecular formula is C24H24ClF3N10O3. The van der Waals surface area contributed by atoms with Crippen molar-refractivity contribution in [3.05, 3.63) is 53.8 Å². The molecule has 0 aliphatic carbocycles. The van der Waals surface area contributed by atoms with Gasteiger partial charge in [0.1, 0.15) is 18.2 Å². The van der Waals surface area contributed by atoms with Crippen molar-refractivity contribution in [1.82, 2.24) is 44.9 Å². The second kappa shape index (κ2) is 11.6. The summed E-state index contributed by atoms with van der Waals surface area (Å²) in [7, 11) is 0. The molecule has 1 fully saturated rings. The molecule has 3 aromatic heterocycles. The molecule has 4 heterocycles. The lowest BCUT2D eigenvalue weighted by molar-refractivity contribution is -0.141. The first kappa shape index (κ1) is 28.1. The van der Waals surface area contributed by atoms with Crippen LogP contribution in [0.25, 0.3) is 11.1 Å². The lowest BCUT2D eigenvalue weighted by atomic mass is 10.1. The molecule has 0 saturated carbocycles. The van der Waals surface area contributed by atoms with Crippen molar-refractivity contribution in [2.24, 2.45) is 0 Å². The largest absolute Gasteiger partial charge is 0.487 e. The quantitative estimate of drug-likeness (QED) is 0.299. The Morgan fingerprint density at radius 1 is 1.22 bits per heavy atom. The average Bonchev–Trinajstić information content (AvgIpc) is 3.61. The third kappa shape index (κ3) is 6.65. The van der Waals surface area contributed by atoms with Gasteiger partial charge >= 0.3 is 12.3 Å². The Hall–Kier alpha value is -4.47. The molecule has 4 aromatic rings. The van der Waals surface area contributed by atoms with Crippen LogP contribution in [-0.4, -0.2) is 75.2 Å². The van der Waals surface area contributed by atoms with E-state index in [1.165, 1.54) is 39.2 Å². The van der Waals surface area contributed by atoms with Crippen molar-refractivity contribution in [1.29, 1.82) is 0 Å². The SMILES string of the molecule is CC(Cn1cnnn1)Oc1cc(-c2cnc(Nc3cn(C4CCN(C(=O)O)CC4)nc3C(F)(F)F)nc2)ccc1Cl. The minimum atomic E-state index is -4.73. The molecule has 1 aromatic carbocycles. The number of nitrogens with zero attached hydrogens (tertiary/aromatic N) is 9. The minimum absolute atomic E-state index is 0.0556. The Bertz CT molecular complexity index is 1490. The third-order valence-corrected chi connectivity index (χ3v) is 6.75. The van der Waals surface area contributed by atoms with Crippen molar-refractivity contribution in [3.63, 3.8) is 0 Å². The zero-order valence-electron chi connectivity index (χ0n) is 21.5. The van der Waals surface area contributed by atoms with E-state index in [1.54, 1.807) is 18.2 Å². The van der Waals surface area contributed by atoms with E-state index in [-0.39, 0.29) is 36.9 Å². The summed E-state index contributed by atoms with van der Waals surface area (Å²) in [6.07, 6.45) is 0.259. The number of hydrogen-bond donors (Lipinski definition) is 2. The highest BCUT2D eigenvalue weighted by Crippen LogP contribution is 2.37. The molecular weight excluding hydrogens is 569 g/mol. The first-order valence-corrected chi connectivity index (χ1v) is 12.8. The highest BCUT2D eigenvalue weighted by atomic mass is 35.5. The summed E-state index contributed by atoms with van der Waals surface area (Å²) in [4.78, 5) is 20.8. The molecule has 1 unspecified atom stereocenters. The molecule has 1 aliphatic heterocycles. The first-order chi connectivity index (χ1) is 19.6. The summed E-state index contributed by atoms with van der Waals surface area (Å²) < 4.78 is 50.0. The normalized spacial score (nSPS) is 15.1. The standard InChI is InChI=1S/C24H24ClF3N10O3/c1-14(11-37-13-31-34-35-37)41-20-8-15(2-3-18(20)25)16-9-29-22(30-10-16)32-19-12-38(33-21(19)24(26,27)28)17-4-6-36(7-5-17)23(39)40/h2-3,8-10,12-14,17H,4-7,11H2,1H3,(H,39,40)(H,29,30,32). The lowest BCUT2D eigenvalue weighted by Gasteiger charge is -2.30. The number of benzene rings is 1. The van der Waals surface area contributed by atoms with Crippen molar-refractivity contribution < 1.29 is 27.8 Å². The van der Waals surface area contributed by atoms with E-state index in [1.807, 2.05) is 6.92 Å². The number of hydrogen-bond acceptors (Lipinski definition) is 9. The van der Waals surface area contributed by atoms with E-state index in [2.05, 4.69) is 35.9 Å². The van der Waals surface area contributed by atoms with E-state index in [9.17, 15) is 18.0 Å². The van der Waals surface area contributed by atoms with Gasteiger partial charge in [-0.25, -0.2) is 19.4 Å². The molecule has 17 heteroatoms. The van der Waals surface area contributed by atoms with Gasteiger partial charge in [0.05, 0.1) is 23.3 Å². The maximum Gasteiger partial charge on any atom is 0.437 e. The Labute approximate surface area is 235 Å². The molecule has 1 aliphatic rings. The van der Waals surface area contributed by atoms with Crippen molar-refractivity contribution >= 4 is 29.3 Å². The van der Waals surface area contributed by atoms with Gasteiger partial charge in [0.15, 0.2) is 5.69 Å². The fraction of sp³-hybridized carbons (Fsp3) is 0.375. The smallest absolute Gasteiger partial charge is 0.437 e. The number of ether oxygens (including phenoxy) is 1. The number of nitrogens with one attached hydrogen (secondary N) is 1. The molecule has 5 rings (SSSR count). The number of rotatable bonds is 8. The summed E-state index contributed by atoms with van der Waals surface area (Å²) in [6, 6.07) is 4.75. The Kier molecular flexibility index (Phi) is 7.92. The van der Waals surface area contributed by atoms with E-state index in [0.29, 0.717) is 41.3 Å². The summed E-state index contributed by atoms with van der Waals surface area (Å²) in [5.41, 5.74) is -0.144. The Balaban J connectivity index is 1.30. The first-order valence-electron chi connectivity index (χ1n) is 12.5.